The first-order valence-electron chi connectivity index (χ1n) is 5.98. The summed E-state index contributed by atoms with van der Waals surface area (Å²) in [5.74, 6) is 1.80. The SMILES string of the molecule is Cc1c2c(cc(Br)c1-c1cc(N)on1)OCCCO2. The molecular weight excluding hydrogens is 312 g/mol. The number of nitrogens with zero attached hydrogens (tertiary/aromatic N) is 1. The van der Waals surface area contributed by atoms with Gasteiger partial charge in [0, 0.05) is 28.1 Å². The van der Waals surface area contributed by atoms with Gasteiger partial charge in [0.05, 0.1) is 13.2 Å². The van der Waals surface area contributed by atoms with Gasteiger partial charge in [0.25, 0.3) is 0 Å². The second-order valence-electron chi connectivity index (χ2n) is 4.35. The zero-order valence-corrected chi connectivity index (χ0v) is 12.0. The lowest BCUT2D eigenvalue weighted by Crippen LogP contribution is -1.98. The predicted molar refractivity (Wildman–Crippen MR) is 74.4 cm³/mol. The number of anilines is 1. The zero-order valence-electron chi connectivity index (χ0n) is 10.4. The van der Waals surface area contributed by atoms with Crippen LogP contribution in [0.1, 0.15) is 12.0 Å². The highest BCUT2D eigenvalue weighted by atomic mass is 79.9. The van der Waals surface area contributed by atoms with Gasteiger partial charge in [-0.3, -0.25) is 0 Å². The molecule has 1 aromatic carbocycles. The van der Waals surface area contributed by atoms with Crippen LogP contribution < -0.4 is 15.2 Å². The molecule has 0 aliphatic carbocycles. The van der Waals surface area contributed by atoms with Crippen molar-refractivity contribution in [3.05, 3.63) is 22.2 Å². The molecule has 0 radical (unpaired) electrons. The molecule has 0 amide bonds. The van der Waals surface area contributed by atoms with Crippen LogP contribution in [0.3, 0.4) is 0 Å². The molecule has 6 heteroatoms. The predicted octanol–water partition coefficient (Wildman–Crippen LogP) is 3.16. The largest absolute Gasteiger partial charge is 0.490 e. The van der Waals surface area contributed by atoms with Crippen LogP contribution in [0.5, 0.6) is 11.5 Å². The molecule has 0 saturated heterocycles. The summed E-state index contributed by atoms with van der Waals surface area (Å²) >= 11 is 3.54. The highest BCUT2D eigenvalue weighted by Gasteiger charge is 2.21. The van der Waals surface area contributed by atoms with Crippen molar-refractivity contribution < 1.29 is 14.0 Å². The number of nitrogens with two attached hydrogens (primary N) is 1. The summed E-state index contributed by atoms with van der Waals surface area (Å²) in [5.41, 5.74) is 8.12. The first-order valence-corrected chi connectivity index (χ1v) is 6.77. The average Bonchev–Trinajstić information content (AvgIpc) is 2.64. The van der Waals surface area contributed by atoms with Crippen LogP contribution in [0, 0.1) is 6.92 Å². The van der Waals surface area contributed by atoms with Crippen LogP contribution in [-0.4, -0.2) is 18.4 Å². The monoisotopic (exact) mass is 324 g/mol. The quantitative estimate of drug-likeness (QED) is 0.872. The molecule has 19 heavy (non-hydrogen) atoms. The van der Waals surface area contributed by atoms with Crippen LogP contribution in [-0.2, 0) is 0 Å². The van der Waals surface area contributed by atoms with E-state index in [9.17, 15) is 0 Å². The van der Waals surface area contributed by atoms with Gasteiger partial charge in [-0.2, -0.15) is 0 Å². The smallest absolute Gasteiger partial charge is 0.222 e. The van der Waals surface area contributed by atoms with Gasteiger partial charge in [-0.25, -0.2) is 0 Å². The van der Waals surface area contributed by atoms with E-state index in [2.05, 4.69) is 21.1 Å². The van der Waals surface area contributed by atoms with Gasteiger partial charge in [-0.05, 0) is 28.9 Å². The maximum Gasteiger partial charge on any atom is 0.222 e. The van der Waals surface area contributed by atoms with E-state index >= 15 is 0 Å². The Morgan fingerprint density at radius 1 is 1.26 bits per heavy atom. The average molecular weight is 325 g/mol. The lowest BCUT2D eigenvalue weighted by atomic mass is 10.0. The molecule has 3 rings (SSSR count). The van der Waals surface area contributed by atoms with Crippen molar-refractivity contribution in [3.8, 4) is 22.8 Å². The van der Waals surface area contributed by atoms with Gasteiger partial charge >= 0.3 is 0 Å². The summed E-state index contributed by atoms with van der Waals surface area (Å²) in [6, 6.07) is 3.59. The highest BCUT2D eigenvalue weighted by molar-refractivity contribution is 9.10. The number of hydrogen-bond acceptors (Lipinski definition) is 5. The van der Waals surface area contributed by atoms with E-state index in [-0.39, 0.29) is 5.88 Å². The molecular formula is C13H13BrN2O3. The van der Waals surface area contributed by atoms with Gasteiger partial charge in [-0.1, -0.05) is 5.16 Å². The van der Waals surface area contributed by atoms with Gasteiger partial charge < -0.3 is 19.7 Å². The van der Waals surface area contributed by atoms with Crippen molar-refractivity contribution >= 4 is 21.8 Å². The minimum atomic E-state index is 0.286. The Balaban J connectivity index is 2.18. The molecule has 2 heterocycles. The summed E-state index contributed by atoms with van der Waals surface area (Å²) in [7, 11) is 0. The number of fused-ring (bicyclic) bond motifs is 1. The van der Waals surface area contributed by atoms with Gasteiger partial charge in [0.1, 0.15) is 5.69 Å². The fraction of sp³-hybridized carbons (Fsp3) is 0.308. The Morgan fingerprint density at radius 3 is 2.79 bits per heavy atom. The molecule has 0 fully saturated rings. The van der Waals surface area contributed by atoms with E-state index in [0.29, 0.717) is 18.9 Å². The van der Waals surface area contributed by atoms with Crippen LogP contribution >= 0.6 is 15.9 Å². The molecule has 1 aliphatic heterocycles. The number of benzene rings is 1. The van der Waals surface area contributed by atoms with E-state index in [4.69, 9.17) is 19.7 Å². The molecule has 0 saturated carbocycles. The molecule has 0 unspecified atom stereocenters. The minimum Gasteiger partial charge on any atom is -0.490 e. The maximum absolute atomic E-state index is 5.77. The lowest BCUT2D eigenvalue weighted by molar-refractivity contribution is 0.296. The molecule has 0 bridgehead atoms. The molecule has 5 nitrogen and oxygen atoms in total. The molecule has 2 aromatic rings. The Hall–Kier alpha value is -1.69. The summed E-state index contributed by atoms with van der Waals surface area (Å²) in [4.78, 5) is 0. The van der Waals surface area contributed by atoms with Crippen molar-refractivity contribution in [2.24, 2.45) is 0 Å². The fourth-order valence-corrected chi connectivity index (χ4v) is 2.86. The van der Waals surface area contributed by atoms with E-state index in [1.807, 2.05) is 13.0 Å². The number of rotatable bonds is 1. The van der Waals surface area contributed by atoms with E-state index in [1.54, 1.807) is 6.07 Å². The van der Waals surface area contributed by atoms with E-state index < -0.39 is 0 Å². The molecule has 1 aliphatic rings. The van der Waals surface area contributed by atoms with E-state index in [1.165, 1.54) is 0 Å². The normalized spacial score (nSPS) is 14.2. The molecule has 1 aromatic heterocycles. The Bertz CT molecular complexity index is 625. The Morgan fingerprint density at radius 2 is 2.05 bits per heavy atom. The number of nitrogen functional groups attached to an aromatic ring is 1. The summed E-state index contributed by atoms with van der Waals surface area (Å²) in [6.45, 7) is 3.28. The minimum absolute atomic E-state index is 0.286. The lowest BCUT2D eigenvalue weighted by Gasteiger charge is -2.14. The zero-order chi connectivity index (χ0) is 13.4. The maximum atomic E-state index is 5.77. The topological polar surface area (TPSA) is 70.5 Å². The van der Waals surface area contributed by atoms with Crippen molar-refractivity contribution in [1.82, 2.24) is 5.16 Å². The van der Waals surface area contributed by atoms with Crippen molar-refractivity contribution in [2.75, 3.05) is 18.9 Å². The summed E-state index contributed by atoms with van der Waals surface area (Å²) in [5, 5.41) is 3.95. The van der Waals surface area contributed by atoms with Crippen molar-refractivity contribution in [2.45, 2.75) is 13.3 Å². The summed E-state index contributed by atoms with van der Waals surface area (Å²) < 4.78 is 17.3. The molecule has 0 spiro atoms. The fourth-order valence-electron chi connectivity index (χ4n) is 2.15. The second kappa shape index (κ2) is 4.77. The Labute approximate surface area is 118 Å². The third-order valence-corrected chi connectivity index (χ3v) is 3.64. The third kappa shape index (κ3) is 2.16. The van der Waals surface area contributed by atoms with Crippen LogP contribution in [0.25, 0.3) is 11.3 Å². The molecule has 100 valence electrons. The second-order valence-corrected chi connectivity index (χ2v) is 5.20. The number of hydrogen-bond donors (Lipinski definition) is 1. The number of aromatic nitrogens is 1. The number of ether oxygens (including phenoxy) is 2. The van der Waals surface area contributed by atoms with Crippen LogP contribution in [0.15, 0.2) is 21.1 Å². The Kier molecular flexibility index (Phi) is 3.10. The van der Waals surface area contributed by atoms with Gasteiger partial charge in [-0.15, -0.1) is 0 Å². The molecule has 0 atom stereocenters. The van der Waals surface area contributed by atoms with E-state index in [0.717, 1.165) is 33.5 Å². The van der Waals surface area contributed by atoms with Gasteiger partial charge in [0.2, 0.25) is 5.88 Å². The molecule has 2 N–H and O–H groups in total. The number of halogens is 1. The third-order valence-electron chi connectivity index (χ3n) is 3.01. The van der Waals surface area contributed by atoms with Crippen LogP contribution in [0.2, 0.25) is 0 Å². The summed E-state index contributed by atoms with van der Waals surface area (Å²) in [6.07, 6.45) is 0.873. The standard InChI is InChI=1S/C13H13BrN2O3/c1-7-12(9-6-11(15)19-16-9)8(14)5-10-13(7)18-4-2-3-17-10/h5-6H,2-4,15H2,1H3. The highest BCUT2D eigenvalue weighted by Crippen LogP contribution is 2.43. The first kappa shape index (κ1) is 12.3. The van der Waals surface area contributed by atoms with Crippen LogP contribution in [0.4, 0.5) is 5.88 Å². The first-order chi connectivity index (χ1) is 9.16. The van der Waals surface area contributed by atoms with Gasteiger partial charge in [0.15, 0.2) is 11.5 Å². The van der Waals surface area contributed by atoms with Crippen molar-refractivity contribution in [3.63, 3.8) is 0 Å². The van der Waals surface area contributed by atoms with Crippen molar-refractivity contribution in [1.29, 1.82) is 0 Å².